The maximum Gasteiger partial charge on any atom is 0.0814 e. The van der Waals surface area contributed by atoms with Gasteiger partial charge in [-0.05, 0) is 19.9 Å². The van der Waals surface area contributed by atoms with Gasteiger partial charge in [0.05, 0.1) is 10.7 Å². The lowest BCUT2D eigenvalue weighted by Crippen LogP contribution is -2.06. The molecule has 0 amide bonds. The predicted octanol–water partition coefficient (Wildman–Crippen LogP) is 2.04. The largest absolute Gasteiger partial charge is 0.330 e. The van der Waals surface area contributed by atoms with Gasteiger partial charge in [0, 0.05) is 12.7 Å². The first kappa shape index (κ1) is 15.5. The van der Waals surface area contributed by atoms with E-state index in [1.165, 1.54) is 0 Å². The van der Waals surface area contributed by atoms with Crippen LogP contribution in [-0.2, 0) is 6.54 Å². The first-order valence-electron chi connectivity index (χ1n) is 3.63. The number of rotatable bonds is 3. The summed E-state index contributed by atoms with van der Waals surface area (Å²) in [5.74, 6) is 0. The lowest BCUT2D eigenvalue weighted by molar-refractivity contribution is 0.581. The highest BCUT2D eigenvalue weighted by Gasteiger charge is 1.99. The second-order valence-electron chi connectivity index (χ2n) is 2.47. The molecule has 0 aliphatic heterocycles. The Hall–Kier alpha value is 0.0400. The van der Waals surface area contributed by atoms with Gasteiger partial charge >= 0.3 is 0 Å². The molecule has 1 rings (SSSR count). The monoisotopic (exact) mass is 245 g/mol. The summed E-state index contributed by atoms with van der Waals surface area (Å²) >= 11 is 5.79. The smallest absolute Gasteiger partial charge is 0.0814 e. The topological polar surface area (TPSA) is 43.8 Å². The van der Waals surface area contributed by atoms with Gasteiger partial charge in [-0.1, -0.05) is 11.6 Å². The van der Waals surface area contributed by atoms with Gasteiger partial charge in [-0.25, -0.2) is 0 Å². The molecule has 0 bridgehead atoms. The van der Waals surface area contributed by atoms with Crippen molar-refractivity contribution in [2.45, 2.75) is 19.9 Å². The van der Waals surface area contributed by atoms with Gasteiger partial charge in [0.15, 0.2) is 0 Å². The van der Waals surface area contributed by atoms with Crippen LogP contribution in [0.15, 0.2) is 6.20 Å². The van der Waals surface area contributed by atoms with Crippen molar-refractivity contribution >= 4 is 36.4 Å². The molecule has 0 spiro atoms. The second kappa shape index (κ2) is 7.44. The van der Waals surface area contributed by atoms with Gasteiger partial charge in [-0.3, -0.25) is 4.68 Å². The van der Waals surface area contributed by atoms with E-state index in [0.29, 0.717) is 6.54 Å². The van der Waals surface area contributed by atoms with Crippen LogP contribution < -0.4 is 5.73 Å². The maximum absolute atomic E-state index is 5.79. The van der Waals surface area contributed by atoms with Crippen molar-refractivity contribution in [2.75, 3.05) is 6.54 Å². The highest BCUT2D eigenvalue weighted by Crippen LogP contribution is 2.11. The van der Waals surface area contributed by atoms with E-state index >= 15 is 0 Å². The molecule has 0 atom stereocenters. The Bertz CT molecular complexity index is 217. The zero-order chi connectivity index (χ0) is 8.27. The molecular weight excluding hydrogens is 232 g/mol. The van der Waals surface area contributed by atoms with Gasteiger partial charge < -0.3 is 5.73 Å². The lowest BCUT2D eigenvalue weighted by Gasteiger charge is -1.96. The van der Waals surface area contributed by atoms with Gasteiger partial charge in [0.25, 0.3) is 0 Å². The first-order valence-corrected chi connectivity index (χ1v) is 4.01. The summed E-state index contributed by atoms with van der Waals surface area (Å²) in [5, 5.41) is 4.90. The number of hydrogen-bond acceptors (Lipinski definition) is 2. The average Bonchev–Trinajstić information content (AvgIpc) is 2.28. The van der Waals surface area contributed by atoms with Gasteiger partial charge in [0.1, 0.15) is 0 Å². The van der Waals surface area contributed by atoms with E-state index in [2.05, 4.69) is 5.10 Å². The zero-order valence-electron chi connectivity index (χ0n) is 7.36. The van der Waals surface area contributed by atoms with Gasteiger partial charge in [-0.15, -0.1) is 24.8 Å². The maximum atomic E-state index is 5.79. The van der Waals surface area contributed by atoms with Crippen LogP contribution in [0.5, 0.6) is 0 Å². The number of aryl methyl sites for hydroxylation is 2. The summed E-state index contributed by atoms with van der Waals surface area (Å²) in [6.07, 6.45) is 2.77. The van der Waals surface area contributed by atoms with Gasteiger partial charge in [0.2, 0.25) is 0 Å². The van der Waals surface area contributed by atoms with Crippen molar-refractivity contribution in [3.05, 3.63) is 16.9 Å². The standard InChI is InChI=1S/C7H12ClN3.2ClH/c1-6-7(8)5-11(10-6)4-2-3-9;;/h5H,2-4,9H2,1H3;2*1H. The van der Waals surface area contributed by atoms with Crippen LogP contribution in [-0.4, -0.2) is 16.3 Å². The van der Waals surface area contributed by atoms with Crippen LogP contribution in [0.3, 0.4) is 0 Å². The number of halogens is 3. The number of nitrogens with two attached hydrogens (primary N) is 1. The Labute approximate surface area is 95.4 Å². The minimum absolute atomic E-state index is 0. The molecule has 0 unspecified atom stereocenters. The normalized spacial score (nSPS) is 8.85. The Morgan fingerprint density at radius 3 is 2.54 bits per heavy atom. The zero-order valence-corrected chi connectivity index (χ0v) is 9.75. The molecule has 1 heterocycles. The van der Waals surface area contributed by atoms with E-state index in [0.717, 1.165) is 23.7 Å². The summed E-state index contributed by atoms with van der Waals surface area (Å²) in [5.41, 5.74) is 6.23. The Morgan fingerprint density at radius 1 is 1.54 bits per heavy atom. The average molecular weight is 247 g/mol. The summed E-state index contributed by atoms with van der Waals surface area (Å²) in [6, 6.07) is 0. The number of aromatic nitrogens is 2. The minimum atomic E-state index is 0. The third-order valence-corrected chi connectivity index (χ3v) is 1.85. The lowest BCUT2D eigenvalue weighted by atomic mass is 10.4. The van der Waals surface area contributed by atoms with Crippen molar-refractivity contribution < 1.29 is 0 Å². The molecule has 0 saturated heterocycles. The molecule has 0 saturated carbocycles. The van der Waals surface area contributed by atoms with E-state index in [9.17, 15) is 0 Å². The molecule has 13 heavy (non-hydrogen) atoms. The van der Waals surface area contributed by atoms with Crippen LogP contribution in [0.1, 0.15) is 12.1 Å². The van der Waals surface area contributed by atoms with Crippen molar-refractivity contribution in [3.63, 3.8) is 0 Å². The van der Waals surface area contributed by atoms with E-state index in [1.54, 1.807) is 0 Å². The second-order valence-corrected chi connectivity index (χ2v) is 2.87. The number of hydrogen-bond donors (Lipinski definition) is 1. The van der Waals surface area contributed by atoms with Crippen molar-refractivity contribution in [1.82, 2.24) is 9.78 Å². The van der Waals surface area contributed by atoms with Crippen molar-refractivity contribution in [2.24, 2.45) is 5.73 Å². The molecule has 0 aliphatic rings. The Balaban J connectivity index is 0. The van der Waals surface area contributed by atoms with E-state index in [-0.39, 0.29) is 24.8 Å². The van der Waals surface area contributed by atoms with E-state index < -0.39 is 0 Å². The quantitative estimate of drug-likeness (QED) is 0.887. The molecule has 0 aromatic carbocycles. The summed E-state index contributed by atoms with van der Waals surface area (Å²) in [4.78, 5) is 0. The molecule has 6 heteroatoms. The van der Waals surface area contributed by atoms with Crippen LogP contribution in [0.4, 0.5) is 0 Å². The third kappa shape index (κ3) is 4.72. The highest BCUT2D eigenvalue weighted by atomic mass is 35.5. The fraction of sp³-hybridized carbons (Fsp3) is 0.571. The predicted molar refractivity (Wildman–Crippen MR) is 60.1 cm³/mol. The van der Waals surface area contributed by atoms with Crippen LogP contribution >= 0.6 is 36.4 Å². The molecular formula is C7H14Cl3N3. The van der Waals surface area contributed by atoms with E-state index in [1.807, 2.05) is 17.8 Å². The van der Waals surface area contributed by atoms with Crippen LogP contribution in [0, 0.1) is 6.92 Å². The molecule has 78 valence electrons. The SMILES string of the molecule is Cc1nn(CCCN)cc1Cl.Cl.Cl. The molecule has 3 nitrogen and oxygen atoms in total. The number of nitrogens with zero attached hydrogens (tertiary/aromatic N) is 2. The minimum Gasteiger partial charge on any atom is -0.330 e. The highest BCUT2D eigenvalue weighted by molar-refractivity contribution is 6.31. The van der Waals surface area contributed by atoms with E-state index in [4.69, 9.17) is 17.3 Å². The third-order valence-electron chi connectivity index (χ3n) is 1.48. The first-order chi connectivity index (χ1) is 5.24. The fourth-order valence-corrected chi connectivity index (χ4v) is 1.01. The Kier molecular flexibility index (Phi) is 8.88. The molecule has 0 radical (unpaired) electrons. The summed E-state index contributed by atoms with van der Waals surface area (Å²) < 4.78 is 1.82. The fourth-order valence-electron chi connectivity index (χ4n) is 0.861. The van der Waals surface area contributed by atoms with Crippen molar-refractivity contribution in [3.8, 4) is 0 Å². The van der Waals surface area contributed by atoms with Crippen molar-refractivity contribution in [1.29, 1.82) is 0 Å². The van der Waals surface area contributed by atoms with Crippen LogP contribution in [0.2, 0.25) is 5.02 Å². The molecule has 1 aromatic heterocycles. The molecule has 2 N–H and O–H groups in total. The Morgan fingerprint density at radius 2 is 2.15 bits per heavy atom. The summed E-state index contributed by atoms with van der Waals surface area (Å²) in [6.45, 7) is 3.43. The summed E-state index contributed by atoms with van der Waals surface area (Å²) in [7, 11) is 0. The molecule has 0 aliphatic carbocycles. The van der Waals surface area contributed by atoms with Gasteiger partial charge in [-0.2, -0.15) is 5.10 Å². The van der Waals surface area contributed by atoms with Crippen LogP contribution in [0.25, 0.3) is 0 Å². The molecule has 1 aromatic rings. The molecule has 0 fully saturated rings.